The molecule has 0 radical (unpaired) electrons. The highest BCUT2D eigenvalue weighted by atomic mass is 35.5. The van der Waals surface area contributed by atoms with Crippen molar-refractivity contribution in [2.75, 3.05) is 6.61 Å². The van der Waals surface area contributed by atoms with Gasteiger partial charge in [-0.2, -0.15) is 5.10 Å². The monoisotopic (exact) mass is 306 g/mol. The molecule has 2 aromatic rings. The minimum atomic E-state index is -0.00275. The van der Waals surface area contributed by atoms with Crippen molar-refractivity contribution in [3.05, 3.63) is 46.2 Å². The largest absolute Gasteiger partial charge is 0.493 e. The Balaban J connectivity index is 1.82. The van der Waals surface area contributed by atoms with Gasteiger partial charge in [0.2, 0.25) is 5.91 Å². The van der Waals surface area contributed by atoms with Crippen molar-refractivity contribution in [1.82, 2.24) is 9.78 Å². The zero-order chi connectivity index (χ0) is 15.4. The van der Waals surface area contributed by atoms with Crippen LogP contribution in [-0.2, 0) is 0 Å². The summed E-state index contributed by atoms with van der Waals surface area (Å²) in [6.45, 7) is 6.20. The number of hydrogen-bond donors (Lipinski definition) is 0. The SMILES string of the molecule is Cc1cc(C)n(C(=O)CCCOc2ccc(Cl)cc2C)n1. The van der Waals surface area contributed by atoms with Gasteiger partial charge < -0.3 is 4.74 Å². The summed E-state index contributed by atoms with van der Waals surface area (Å²) in [5.74, 6) is 0.801. The number of aryl methyl sites for hydroxylation is 3. The van der Waals surface area contributed by atoms with Crippen molar-refractivity contribution in [3.8, 4) is 5.75 Å². The first-order chi connectivity index (χ1) is 9.97. The van der Waals surface area contributed by atoms with Gasteiger partial charge in [-0.15, -0.1) is 0 Å². The third kappa shape index (κ3) is 4.08. The van der Waals surface area contributed by atoms with Gasteiger partial charge in [-0.1, -0.05) is 11.6 Å². The summed E-state index contributed by atoms with van der Waals surface area (Å²) in [7, 11) is 0. The molecular formula is C16H19ClN2O2. The zero-order valence-corrected chi connectivity index (χ0v) is 13.3. The molecule has 0 fully saturated rings. The van der Waals surface area contributed by atoms with Crippen LogP contribution < -0.4 is 4.74 Å². The van der Waals surface area contributed by atoms with Gasteiger partial charge in [-0.3, -0.25) is 4.79 Å². The van der Waals surface area contributed by atoms with Gasteiger partial charge in [-0.25, -0.2) is 4.68 Å². The van der Waals surface area contributed by atoms with Crippen LogP contribution in [0.15, 0.2) is 24.3 Å². The minimum absolute atomic E-state index is 0.00275. The number of benzene rings is 1. The molecule has 1 aromatic carbocycles. The molecule has 21 heavy (non-hydrogen) atoms. The van der Waals surface area contributed by atoms with Crippen LogP contribution >= 0.6 is 11.6 Å². The average molecular weight is 307 g/mol. The van der Waals surface area contributed by atoms with E-state index in [4.69, 9.17) is 16.3 Å². The van der Waals surface area contributed by atoms with E-state index in [1.165, 1.54) is 4.68 Å². The van der Waals surface area contributed by atoms with Crippen LogP contribution in [0.2, 0.25) is 5.02 Å². The fourth-order valence-electron chi connectivity index (χ4n) is 2.17. The number of nitrogens with zero attached hydrogens (tertiary/aromatic N) is 2. The summed E-state index contributed by atoms with van der Waals surface area (Å²) < 4.78 is 7.13. The van der Waals surface area contributed by atoms with E-state index in [0.29, 0.717) is 24.5 Å². The van der Waals surface area contributed by atoms with Crippen LogP contribution in [0.25, 0.3) is 0 Å². The average Bonchev–Trinajstić information content (AvgIpc) is 2.75. The lowest BCUT2D eigenvalue weighted by atomic mass is 10.2. The lowest BCUT2D eigenvalue weighted by Gasteiger charge is -2.09. The predicted octanol–water partition coefficient (Wildman–Crippen LogP) is 3.96. The second-order valence-electron chi connectivity index (χ2n) is 5.09. The van der Waals surface area contributed by atoms with Crippen LogP contribution in [-0.4, -0.2) is 22.3 Å². The maximum atomic E-state index is 12.0. The second-order valence-corrected chi connectivity index (χ2v) is 5.53. The fraction of sp³-hybridized carbons (Fsp3) is 0.375. The van der Waals surface area contributed by atoms with Gasteiger partial charge in [0, 0.05) is 17.1 Å². The topological polar surface area (TPSA) is 44.1 Å². The van der Waals surface area contributed by atoms with Gasteiger partial charge in [0.25, 0.3) is 0 Å². The molecular weight excluding hydrogens is 288 g/mol. The smallest absolute Gasteiger partial charge is 0.247 e. The van der Waals surface area contributed by atoms with Crippen molar-refractivity contribution >= 4 is 17.5 Å². The number of halogens is 1. The molecule has 0 aliphatic carbocycles. The highest BCUT2D eigenvalue weighted by Crippen LogP contribution is 2.21. The highest BCUT2D eigenvalue weighted by molar-refractivity contribution is 6.30. The Bertz CT molecular complexity index is 650. The maximum absolute atomic E-state index is 12.0. The van der Waals surface area contributed by atoms with Gasteiger partial charge >= 0.3 is 0 Å². The Labute approximate surface area is 129 Å². The van der Waals surface area contributed by atoms with Crippen LogP contribution in [0, 0.1) is 20.8 Å². The van der Waals surface area contributed by atoms with E-state index in [0.717, 1.165) is 22.7 Å². The molecule has 0 aliphatic heterocycles. The first-order valence-corrected chi connectivity index (χ1v) is 7.30. The standard InChI is InChI=1S/C16H19ClN2O2/c1-11-9-14(17)6-7-15(11)21-8-4-5-16(20)19-13(3)10-12(2)18-19/h6-7,9-10H,4-5,8H2,1-3H3. The number of rotatable bonds is 5. The van der Waals surface area contributed by atoms with Crippen LogP contribution in [0.5, 0.6) is 5.75 Å². The minimum Gasteiger partial charge on any atom is -0.493 e. The molecule has 5 heteroatoms. The first kappa shape index (κ1) is 15.6. The lowest BCUT2D eigenvalue weighted by molar-refractivity contribution is 0.0874. The molecule has 0 N–H and O–H groups in total. The Morgan fingerprint density at radius 3 is 2.67 bits per heavy atom. The van der Waals surface area contributed by atoms with Crippen molar-refractivity contribution in [3.63, 3.8) is 0 Å². The Morgan fingerprint density at radius 2 is 2.05 bits per heavy atom. The van der Waals surface area contributed by atoms with Gasteiger partial charge in [0.05, 0.1) is 12.3 Å². The van der Waals surface area contributed by atoms with Crippen LogP contribution in [0.1, 0.15) is 34.6 Å². The molecule has 4 nitrogen and oxygen atoms in total. The molecule has 112 valence electrons. The van der Waals surface area contributed by atoms with Gasteiger partial charge in [-0.05, 0) is 57.0 Å². The van der Waals surface area contributed by atoms with E-state index < -0.39 is 0 Å². The second kappa shape index (κ2) is 6.76. The Hall–Kier alpha value is -1.81. The summed E-state index contributed by atoms with van der Waals surface area (Å²) >= 11 is 5.89. The van der Waals surface area contributed by atoms with Crippen LogP contribution in [0.4, 0.5) is 0 Å². The Kier molecular flexibility index (Phi) is 5.02. The molecule has 0 atom stereocenters. The predicted molar refractivity (Wildman–Crippen MR) is 83.2 cm³/mol. The number of hydrogen-bond acceptors (Lipinski definition) is 3. The number of carbonyl (C=O) groups excluding carboxylic acids is 1. The maximum Gasteiger partial charge on any atom is 0.247 e. The van der Waals surface area contributed by atoms with Crippen molar-refractivity contribution in [1.29, 1.82) is 0 Å². The summed E-state index contributed by atoms with van der Waals surface area (Å²) in [5.41, 5.74) is 2.72. The van der Waals surface area contributed by atoms with Crippen molar-refractivity contribution in [2.45, 2.75) is 33.6 Å². The van der Waals surface area contributed by atoms with E-state index >= 15 is 0 Å². The third-order valence-corrected chi connectivity index (χ3v) is 3.41. The summed E-state index contributed by atoms with van der Waals surface area (Å²) in [4.78, 5) is 12.0. The lowest BCUT2D eigenvalue weighted by Crippen LogP contribution is -2.15. The summed E-state index contributed by atoms with van der Waals surface area (Å²) in [5, 5.41) is 4.88. The van der Waals surface area contributed by atoms with E-state index in [1.807, 2.05) is 39.0 Å². The highest BCUT2D eigenvalue weighted by Gasteiger charge is 2.10. The van der Waals surface area contributed by atoms with Gasteiger partial charge in [0.1, 0.15) is 5.75 Å². The summed E-state index contributed by atoms with van der Waals surface area (Å²) in [6, 6.07) is 7.40. The number of carbonyl (C=O) groups is 1. The molecule has 0 amide bonds. The third-order valence-electron chi connectivity index (χ3n) is 3.18. The normalized spacial score (nSPS) is 10.7. The molecule has 0 saturated carbocycles. The van der Waals surface area contributed by atoms with E-state index in [2.05, 4.69) is 5.10 Å². The van der Waals surface area contributed by atoms with E-state index in [9.17, 15) is 4.79 Å². The molecule has 1 heterocycles. The molecule has 0 saturated heterocycles. The molecule has 0 aliphatic rings. The molecule has 2 rings (SSSR count). The van der Waals surface area contributed by atoms with E-state index in [-0.39, 0.29) is 5.91 Å². The number of ether oxygens (including phenoxy) is 1. The zero-order valence-electron chi connectivity index (χ0n) is 12.5. The number of aromatic nitrogens is 2. The Morgan fingerprint density at radius 1 is 1.29 bits per heavy atom. The van der Waals surface area contributed by atoms with Crippen molar-refractivity contribution in [2.24, 2.45) is 0 Å². The molecule has 1 aromatic heterocycles. The molecule has 0 bridgehead atoms. The van der Waals surface area contributed by atoms with Crippen LogP contribution in [0.3, 0.4) is 0 Å². The summed E-state index contributed by atoms with van der Waals surface area (Å²) in [6.07, 6.45) is 1.06. The van der Waals surface area contributed by atoms with Gasteiger partial charge in [0.15, 0.2) is 0 Å². The fourth-order valence-corrected chi connectivity index (χ4v) is 2.39. The molecule has 0 unspecified atom stereocenters. The van der Waals surface area contributed by atoms with Crippen molar-refractivity contribution < 1.29 is 9.53 Å². The molecule has 0 spiro atoms. The first-order valence-electron chi connectivity index (χ1n) is 6.93. The quantitative estimate of drug-likeness (QED) is 0.785. The van der Waals surface area contributed by atoms with E-state index in [1.54, 1.807) is 6.07 Å².